The molecule has 0 amide bonds. The van der Waals surface area contributed by atoms with E-state index in [1.54, 1.807) is 43.3 Å². The van der Waals surface area contributed by atoms with E-state index in [-0.39, 0.29) is 23.9 Å². The zero-order valence-corrected chi connectivity index (χ0v) is 17.3. The molecule has 1 aliphatic heterocycles. The average molecular weight is 420 g/mol. The molecule has 28 heavy (non-hydrogen) atoms. The molecule has 0 aliphatic carbocycles. The van der Waals surface area contributed by atoms with Crippen molar-refractivity contribution in [3.63, 3.8) is 0 Å². The van der Waals surface area contributed by atoms with Crippen LogP contribution >= 0.6 is 24.0 Å². The Morgan fingerprint density at radius 2 is 1.79 bits per heavy atom. The lowest BCUT2D eigenvalue weighted by atomic mass is 9.96. The van der Waals surface area contributed by atoms with Crippen molar-refractivity contribution in [2.45, 2.75) is 32.7 Å². The summed E-state index contributed by atoms with van der Waals surface area (Å²) < 4.78 is 5.87. The first-order valence-electron chi connectivity index (χ1n) is 9.31. The van der Waals surface area contributed by atoms with Crippen LogP contribution in [0.15, 0.2) is 40.8 Å². The smallest absolute Gasteiger partial charge is 0.197 e. The Morgan fingerprint density at radius 1 is 1.11 bits per heavy atom. The first-order chi connectivity index (χ1) is 13.0. The van der Waals surface area contributed by atoms with Crippen molar-refractivity contribution in [1.29, 1.82) is 0 Å². The van der Waals surface area contributed by atoms with Gasteiger partial charge in [-0.2, -0.15) is 0 Å². The van der Waals surface area contributed by atoms with Gasteiger partial charge in [0.1, 0.15) is 17.1 Å². The van der Waals surface area contributed by atoms with Gasteiger partial charge in [-0.3, -0.25) is 9.69 Å². The van der Waals surface area contributed by atoms with Crippen molar-refractivity contribution in [1.82, 2.24) is 4.90 Å². The third-order valence-corrected chi connectivity index (χ3v) is 5.53. The van der Waals surface area contributed by atoms with Gasteiger partial charge < -0.3 is 9.52 Å². The predicted octanol–water partition coefficient (Wildman–Crippen LogP) is 5.74. The van der Waals surface area contributed by atoms with Crippen LogP contribution in [0.5, 0.6) is 5.75 Å². The molecule has 0 atom stereocenters. The van der Waals surface area contributed by atoms with E-state index in [0.717, 1.165) is 36.9 Å². The third-order valence-electron chi connectivity index (χ3n) is 5.28. The van der Waals surface area contributed by atoms with Crippen molar-refractivity contribution in [3.8, 4) is 5.75 Å². The van der Waals surface area contributed by atoms with Crippen LogP contribution in [0, 0.1) is 6.92 Å². The van der Waals surface area contributed by atoms with E-state index in [0.29, 0.717) is 34.0 Å². The fourth-order valence-electron chi connectivity index (χ4n) is 3.89. The monoisotopic (exact) mass is 419 g/mol. The van der Waals surface area contributed by atoms with Gasteiger partial charge in [0.2, 0.25) is 0 Å². The number of hydrogen-bond donors (Lipinski definition) is 1. The largest absolute Gasteiger partial charge is 0.508 e. The number of benzene rings is 2. The molecule has 4 rings (SSSR count). The lowest BCUT2D eigenvalue weighted by Gasteiger charge is -2.27. The quantitative estimate of drug-likeness (QED) is 0.547. The third kappa shape index (κ3) is 3.90. The molecule has 1 fully saturated rings. The zero-order chi connectivity index (χ0) is 19.0. The maximum absolute atomic E-state index is 13.2. The molecule has 0 saturated carbocycles. The van der Waals surface area contributed by atoms with Gasteiger partial charge in [0.05, 0.1) is 5.56 Å². The highest BCUT2D eigenvalue weighted by atomic mass is 35.5. The molecule has 2 heterocycles. The molecule has 3 aromatic rings. The van der Waals surface area contributed by atoms with Crippen LogP contribution in [0.1, 0.15) is 46.5 Å². The van der Waals surface area contributed by atoms with E-state index in [2.05, 4.69) is 4.90 Å². The van der Waals surface area contributed by atoms with Crippen molar-refractivity contribution >= 4 is 40.8 Å². The first kappa shape index (κ1) is 20.7. The topological polar surface area (TPSA) is 53.7 Å². The molecule has 1 N–H and O–H groups in total. The molecule has 0 unspecified atom stereocenters. The number of likely N-dealkylation sites (tertiary alicyclic amines) is 1. The number of furan rings is 1. The molecular formula is C22H23Cl2NO3. The lowest BCUT2D eigenvalue weighted by Crippen LogP contribution is -2.29. The summed E-state index contributed by atoms with van der Waals surface area (Å²) in [5.41, 5.74) is 2.48. The predicted molar refractivity (Wildman–Crippen MR) is 114 cm³/mol. The number of fused-ring (bicyclic) bond motifs is 1. The van der Waals surface area contributed by atoms with Crippen LogP contribution in [-0.4, -0.2) is 28.9 Å². The summed E-state index contributed by atoms with van der Waals surface area (Å²) >= 11 is 5.95. The van der Waals surface area contributed by atoms with Gasteiger partial charge in [-0.25, -0.2) is 0 Å². The average Bonchev–Trinajstić information content (AvgIpc) is 3.01. The number of aryl methyl sites for hydroxylation is 1. The van der Waals surface area contributed by atoms with Crippen molar-refractivity contribution < 1.29 is 14.3 Å². The number of halogens is 2. The van der Waals surface area contributed by atoms with Gasteiger partial charge >= 0.3 is 0 Å². The summed E-state index contributed by atoms with van der Waals surface area (Å²) in [6.07, 6.45) is 3.58. The molecule has 1 saturated heterocycles. The number of aromatic hydroxyl groups is 1. The van der Waals surface area contributed by atoms with Crippen molar-refractivity contribution in [2.24, 2.45) is 0 Å². The fourth-order valence-corrected chi connectivity index (χ4v) is 4.01. The molecule has 6 heteroatoms. The number of ketones is 1. The van der Waals surface area contributed by atoms with E-state index < -0.39 is 0 Å². The molecule has 1 aliphatic rings. The van der Waals surface area contributed by atoms with Crippen LogP contribution < -0.4 is 0 Å². The summed E-state index contributed by atoms with van der Waals surface area (Å²) in [6.45, 7) is 4.42. The molecule has 1 aromatic heterocycles. The van der Waals surface area contributed by atoms with E-state index in [1.165, 1.54) is 6.42 Å². The summed E-state index contributed by atoms with van der Waals surface area (Å²) in [6, 6.07) is 10.2. The molecule has 0 spiro atoms. The Balaban J connectivity index is 0.00000225. The second-order valence-electron chi connectivity index (χ2n) is 7.14. The number of nitrogens with zero attached hydrogens (tertiary/aromatic N) is 1. The first-order valence-corrected chi connectivity index (χ1v) is 9.69. The molecule has 2 aromatic carbocycles. The Hall–Kier alpha value is -2.01. The van der Waals surface area contributed by atoms with Gasteiger partial charge in [-0.05, 0) is 69.3 Å². The fraction of sp³-hybridized carbons (Fsp3) is 0.318. The number of carbonyl (C=O) groups is 1. The maximum Gasteiger partial charge on any atom is 0.197 e. The highest BCUT2D eigenvalue weighted by molar-refractivity contribution is 6.30. The number of phenolic OH excluding ortho intramolecular Hbond substituents is 1. The standard InChI is InChI=1S/C22H22ClNO3.ClH/c1-14-20(22(26)15-5-7-16(23)8-6-15)21-17(13-24-11-3-2-4-12-24)18(25)9-10-19(21)27-14;/h5-10,25H,2-4,11-13H2,1H3;1H. The van der Waals surface area contributed by atoms with Crippen LogP contribution in [0.4, 0.5) is 0 Å². The van der Waals surface area contributed by atoms with Crippen LogP contribution in [0.3, 0.4) is 0 Å². The minimum absolute atomic E-state index is 0. The number of rotatable bonds is 4. The van der Waals surface area contributed by atoms with E-state index >= 15 is 0 Å². The molecule has 0 bridgehead atoms. The van der Waals surface area contributed by atoms with Crippen molar-refractivity contribution in [2.75, 3.05) is 13.1 Å². The van der Waals surface area contributed by atoms with E-state index in [4.69, 9.17) is 16.0 Å². The van der Waals surface area contributed by atoms with Crippen LogP contribution in [0.25, 0.3) is 11.0 Å². The molecular weight excluding hydrogens is 397 g/mol. The minimum atomic E-state index is -0.117. The highest BCUT2D eigenvalue weighted by Crippen LogP contribution is 2.36. The Kier molecular flexibility index (Phi) is 6.33. The van der Waals surface area contributed by atoms with Crippen LogP contribution in [-0.2, 0) is 6.54 Å². The Bertz CT molecular complexity index is 989. The number of piperidine rings is 1. The summed E-state index contributed by atoms with van der Waals surface area (Å²) in [5, 5.41) is 11.9. The van der Waals surface area contributed by atoms with E-state index in [9.17, 15) is 9.90 Å². The number of hydrogen-bond acceptors (Lipinski definition) is 4. The second-order valence-corrected chi connectivity index (χ2v) is 7.58. The molecule has 0 radical (unpaired) electrons. The zero-order valence-electron chi connectivity index (χ0n) is 15.7. The maximum atomic E-state index is 13.2. The summed E-state index contributed by atoms with van der Waals surface area (Å²) in [5.74, 6) is 0.655. The number of phenols is 1. The van der Waals surface area contributed by atoms with Gasteiger partial charge in [-0.15, -0.1) is 12.4 Å². The Morgan fingerprint density at radius 3 is 2.46 bits per heavy atom. The normalized spacial score (nSPS) is 14.8. The summed E-state index contributed by atoms with van der Waals surface area (Å²) in [4.78, 5) is 15.5. The molecule has 4 nitrogen and oxygen atoms in total. The van der Waals surface area contributed by atoms with Crippen molar-refractivity contribution in [3.05, 3.63) is 63.9 Å². The van der Waals surface area contributed by atoms with Gasteiger partial charge in [0, 0.05) is 28.1 Å². The van der Waals surface area contributed by atoms with Crippen LogP contribution in [0.2, 0.25) is 5.02 Å². The van der Waals surface area contributed by atoms with Gasteiger partial charge in [0.15, 0.2) is 5.78 Å². The highest BCUT2D eigenvalue weighted by Gasteiger charge is 2.25. The lowest BCUT2D eigenvalue weighted by molar-refractivity contribution is 0.103. The Labute approximate surface area is 175 Å². The van der Waals surface area contributed by atoms with Gasteiger partial charge in [-0.1, -0.05) is 18.0 Å². The van der Waals surface area contributed by atoms with E-state index in [1.807, 2.05) is 0 Å². The minimum Gasteiger partial charge on any atom is -0.508 e. The van der Waals surface area contributed by atoms with Gasteiger partial charge in [0.25, 0.3) is 0 Å². The molecule has 148 valence electrons. The number of carbonyl (C=O) groups excluding carboxylic acids is 1. The summed E-state index contributed by atoms with van der Waals surface area (Å²) in [7, 11) is 0. The second kappa shape index (κ2) is 8.56. The SMILES string of the molecule is Cc1oc2ccc(O)c(CN3CCCCC3)c2c1C(=O)c1ccc(Cl)cc1.Cl.